The summed E-state index contributed by atoms with van der Waals surface area (Å²) in [6, 6.07) is 17.8. The Morgan fingerprint density at radius 3 is 2.05 bits per heavy atom. The first kappa shape index (κ1) is 15.8. The van der Waals surface area contributed by atoms with Crippen LogP contribution in [0, 0.1) is 0 Å². The first-order chi connectivity index (χ1) is 10.7. The van der Waals surface area contributed by atoms with Crippen LogP contribution in [0.1, 0.15) is 34.1 Å². The van der Waals surface area contributed by atoms with Gasteiger partial charge in [-0.3, -0.25) is 4.79 Å². The molecule has 0 radical (unpaired) electrons. The molecule has 114 valence electrons. The number of carbonyl (C=O) groups is 2. The summed E-state index contributed by atoms with van der Waals surface area (Å²) >= 11 is 0. The molecule has 0 aliphatic rings. The van der Waals surface area contributed by atoms with E-state index in [9.17, 15) is 9.59 Å². The lowest BCUT2D eigenvalue weighted by Gasteiger charge is -2.17. The van der Waals surface area contributed by atoms with Gasteiger partial charge in [0, 0.05) is 5.56 Å². The summed E-state index contributed by atoms with van der Waals surface area (Å²) in [7, 11) is 0. The second-order valence-corrected chi connectivity index (χ2v) is 4.88. The van der Waals surface area contributed by atoms with Crippen molar-refractivity contribution in [2.24, 2.45) is 0 Å². The standard InChI is InChI=1S/C18H19NO3/c1-2-16(22-18(21)15-11-7-4-8-12-15)13-19-17(20)14-9-5-3-6-10-14/h3-12,16H,2,13H2,1H3,(H,19,20). The van der Waals surface area contributed by atoms with Gasteiger partial charge in [0.25, 0.3) is 5.91 Å². The SMILES string of the molecule is CCC(CNC(=O)c1ccccc1)OC(=O)c1ccccc1. The molecule has 1 N–H and O–H groups in total. The van der Waals surface area contributed by atoms with Crippen LogP contribution in [-0.2, 0) is 4.74 Å². The van der Waals surface area contributed by atoms with Crippen molar-refractivity contribution < 1.29 is 14.3 Å². The van der Waals surface area contributed by atoms with Crippen molar-refractivity contribution in [2.45, 2.75) is 19.4 Å². The molecule has 0 aliphatic carbocycles. The molecule has 22 heavy (non-hydrogen) atoms. The van der Waals surface area contributed by atoms with Crippen LogP contribution in [0.5, 0.6) is 0 Å². The molecule has 0 aliphatic heterocycles. The van der Waals surface area contributed by atoms with Crippen LogP contribution in [-0.4, -0.2) is 24.5 Å². The Bertz CT molecular complexity index is 611. The van der Waals surface area contributed by atoms with Gasteiger partial charge in [-0.1, -0.05) is 43.3 Å². The van der Waals surface area contributed by atoms with Gasteiger partial charge in [-0.25, -0.2) is 4.79 Å². The topological polar surface area (TPSA) is 55.4 Å². The molecule has 0 saturated heterocycles. The molecule has 4 nitrogen and oxygen atoms in total. The van der Waals surface area contributed by atoms with Crippen molar-refractivity contribution in [3.05, 3.63) is 71.8 Å². The van der Waals surface area contributed by atoms with Crippen molar-refractivity contribution in [1.29, 1.82) is 0 Å². The Labute approximate surface area is 130 Å². The van der Waals surface area contributed by atoms with Crippen LogP contribution in [0.4, 0.5) is 0 Å². The van der Waals surface area contributed by atoms with Gasteiger partial charge in [0.05, 0.1) is 12.1 Å². The smallest absolute Gasteiger partial charge is 0.338 e. The molecule has 0 saturated carbocycles. The van der Waals surface area contributed by atoms with Gasteiger partial charge in [0.1, 0.15) is 6.10 Å². The number of hydrogen-bond acceptors (Lipinski definition) is 3. The van der Waals surface area contributed by atoms with Crippen LogP contribution in [0.15, 0.2) is 60.7 Å². The minimum atomic E-state index is -0.374. The molecule has 0 spiro atoms. The van der Waals surface area contributed by atoms with Gasteiger partial charge in [-0.2, -0.15) is 0 Å². The predicted octanol–water partition coefficient (Wildman–Crippen LogP) is 3.05. The van der Waals surface area contributed by atoms with E-state index in [2.05, 4.69) is 5.32 Å². The summed E-state index contributed by atoms with van der Waals surface area (Å²) in [6.45, 7) is 2.21. The number of benzene rings is 2. The zero-order valence-electron chi connectivity index (χ0n) is 12.5. The van der Waals surface area contributed by atoms with Gasteiger partial charge < -0.3 is 10.1 Å². The maximum atomic E-state index is 12.0. The second-order valence-electron chi connectivity index (χ2n) is 4.88. The number of ether oxygens (including phenoxy) is 1. The minimum absolute atomic E-state index is 0.171. The van der Waals surface area contributed by atoms with Crippen LogP contribution in [0.2, 0.25) is 0 Å². The van der Waals surface area contributed by atoms with E-state index in [0.29, 0.717) is 24.1 Å². The Balaban J connectivity index is 1.87. The number of rotatable bonds is 6. The van der Waals surface area contributed by atoms with E-state index < -0.39 is 0 Å². The Morgan fingerprint density at radius 1 is 0.955 bits per heavy atom. The Kier molecular flexibility index (Phi) is 5.72. The van der Waals surface area contributed by atoms with Gasteiger partial charge in [0.2, 0.25) is 0 Å². The van der Waals surface area contributed by atoms with Crippen molar-refractivity contribution in [3.63, 3.8) is 0 Å². The third-order valence-electron chi connectivity index (χ3n) is 3.26. The molecular formula is C18H19NO3. The van der Waals surface area contributed by atoms with Crippen LogP contribution >= 0.6 is 0 Å². The molecule has 2 rings (SSSR count). The lowest BCUT2D eigenvalue weighted by Crippen LogP contribution is -2.34. The highest BCUT2D eigenvalue weighted by Crippen LogP contribution is 2.06. The van der Waals surface area contributed by atoms with Crippen LogP contribution in [0.25, 0.3) is 0 Å². The molecule has 2 aromatic rings. The highest BCUT2D eigenvalue weighted by atomic mass is 16.5. The monoisotopic (exact) mass is 297 g/mol. The molecule has 1 unspecified atom stereocenters. The minimum Gasteiger partial charge on any atom is -0.457 e. The predicted molar refractivity (Wildman–Crippen MR) is 84.7 cm³/mol. The normalized spacial score (nSPS) is 11.5. The number of esters is 1. The van der Waals surface area contributed by atoms with Crippen molar-refractivity contribution in [3.8, 4) is 0 Å². The first-order valence-electron chi connectivity index (χ1n) is 7.30. The van der Waals surface area contributed by atoms with Crippen molar-refractivity contribution in [1.82, 2.24) is 5.32 Å². The van der Waals surface area contributed by atoms with E-state index in [-0.39, 0.29) is 18.0 Å². The van der Waals surface area contributed by atoms with E-state index in [1.807, 2.05) is 31.2 Å². The number of nitrogens with one attached hydrogen (secondary N) is 1. The number of hydrogen-bond donors (Lipinski definition) is 1. The third kappa shape index (κ3) is 4.45. The molecule has 0 bridgehead atoms. The van der Waals surface area contributed by atoms with Gasteiger partial charge in [0.15, 0.2) is 0 Å². The molecule has 2 aromatic carbocycles. The maximum absolute atomic E-state index is 12.0. The quantitative estimate of drug-likeness (QED) is 0.834. The maximum Gasteiger partial charge on any atom is 0.338 e. The molecule has 0 aromatic heterocycles. The fraction of sp³-hybridized carbons (Fsp3) is 0.222. The first-order valence-corrected chi connectivity index (χ1v) is 7.30. The average molecular weight is 297 g/mol. The fourth-order valence-electron chi connectivity index (χ4n) is 1.96. The highest BCUT2D eigenvalue weighted by molar-refractivity contribution is 5.94. The molecule has 4 heteroatoms. The Hall–Kier alpha value is -2.62. The van der Waals surface area contributed by atoms with Crippen molar-refractivity contribution >= 4 is 11.9 Å². The summed E-state index contributed by atoms with van der Waals surface area (Å²) in [5.74, 6) is -0.545. The second kappa shape index (κ2) is 7.98. The Morgan fingerprint density at radius 2 is 1.50 bits per heavy atom. The van der Waals surface area contributed by atoms with E-state index in [1.165, 1.54) is 0 Å². The lowest BCUT2D eigenvalue weighted by atomic mass is 10.2. The number of carbonyl (C=O) groups excluding carboxylic acids is 2. The summed E-state index contributed by atoms with van der Waals surface area (Å²) in [6.07, 6.45) is 0.286. The van der Waals surface area contributed by atoms with Crippen LogP contribution in [0.3, 0.4) is 0 Å². The fourth-order valence-corrected chi connectivity index (χ4v) is 1.96. The van der Waals surface area contributed by atoms with E-state index in [4.69, 9.17) is 4.74 Å². The molecule has 0 fully saturated rings. The van der Waals surface area contributed by atoms with Gasteiger partial charge in [-0.05, 0) is 30.7 Å². The average Bonchev–Trinajstić information content (AvgIpc) is 2.59. The third-order valence-corrected chi connectivity index (χ3v) is 3.26. The molecular weight excluding hydrogens is 278 g/mol. The molecule has 0 heterocycles. The summed E-state index contributed by atoms with van der Waals surface area (Å²) in [5, 5.41) is 2.79. The van der Waals surface area contributed by atoms with E-state index >= 15 is 0 Å². The zero-order chi connectivity index (χ0) is 15.8. The summed E-state index contributed by atoms with van der Waals surface area (Å²) < 4.78 is 5.42. The largest absolute Gasteiger partial charge is 0.457 e. The lowest BCUT2D eigenvalue weighted by molar-refractivity contribution is 0.0289. The van der Waals surface area contributed by atoms with E-state index in [1.54, 1.807) is 36.4 Å². The number of amides is 1. The molecule has 1 amide bonds. The molecule has 1 atom stereocenters. The van der Waals surface area contributed by atoms with Crippen molar-refractivity contribution in [2.75, 3.05) is 6.54 Å². The van der Waals surface area contributed by atoms with Gasteiger partial charge >= 0.3 is 5.97 Å². The zero-order valence-corrected chi connectivity index (χ0v) is 12.5. The van der Waals surface area contributed by atoms with E-state index in [0.717, 1.165) is 0 Å². The highest BCUT2D eigenvalue weighted by Gasteiger charge is 2.15. The van der Waals surface area contributed by atoms with Gasteiger partial charge in [-0.15, -0.1) is 0 Å². The summed E-state index contributed by atoms with van der Waals surface area (Å²) in [4.78, 5) is 24.0. The van der Waals surface area contributed by atoms with Crippen LogP contribution < -0.4 is 5.32 Å². The summed E-state index contributed by atoms with van der Waals surface area (Å²) in [5.41, 5.74) is 1.10.